The Kier molecular flexibility index (Phi) is 6.08. The molecule has 0 atom stereocenters. The Bertz CT molecular complexity index is 1330. The monoisotopic (exact) mass is 426 g/mol. The molecule has 1 heterocycles. The first-order valence-corrected chi connectivity index (χ1v) is 10.6. The van der Waals surface area contributed by atoms with E-state index < -0.39 is 0 Å². The summed E-state index contributed by atoms with van der Waals surface area (Å²) in [5.41, 5.74) is 4.79. The maximum Gasteiger partial charge on any atom is 0.254 e. The summed E-state index contributed by atoms with van der Waals surface area (Å²) in [5, 5.41) is 0.960. The highest BCUT2D eigenvalue weighted by Crippen LogP contribution is 2.23. The summed E-state index contributed by atoms with van der Waals surface area (Å²) in [6.07, 6.45) is 0. The minimum atomic E-state index is -0.185. The molecule has 5 nitrogen and oxygen atoms in total. The van der Waals surface area contributed by atoms with Crippen LogP contribution in [0.15, 0.2) is 77.6 Å². The van der Waals surface area contributed by atoms with Crippen LogP contribution < -0.4 is 10.3 Å². The predicted octanol–water partition coefficient (Wildman–Crippen LogP) is 5.00. The molecule has 5 heteroatoms. The van der Waals surface area contributed by atoms with Gasteiger partial charge < -0.3 is 14.6 Å². The Labute approximate surface area is 187 Å². The molecule has 162 valence electrons. The number of nitrogens with zero attached hydrogens (tertiary/aromatic N) is 1. The number of rotatable bonds is 6. The number of hydrogen-bond acceptors (Lipinski definition) is 3. The second-order valence-electron chi connectivity index (χ2n) is 8.01. The fraction of sp³-hybridized carbons (Fsp3) is 0.185. The van der Waals surface area contributed by atoms with Gasteiger partial charge in [-0.1, -0.05) is 48.0 Å². The number of carbonyl (C=O) groups is 1. The topological polar surface area (TPSA) is 62.4 Å². The van der Waals surface area contributed by atoms with Crippen LogP contribution in [0.4, 0.5) is 0 Å². The number of hydrogen-bond donors (Lipinski definition) is 1. The molecule has 32 heavy (non-hydrogen) atoms. The number of aryl methyl sites for hydroxylation is 2. The van der Waals surface area contributed by atoms with Crippen LogP contribution in [-0.2, 0) is 13.1 Å². The lowest BCUT2D eigenvalue weighted by Crippen LogP contribution is -2.32. The van der Waals surface area contributed by atoms with Gasteiger partial charge >= 0.3 is 0 Å². The highest BCUT2D eigenvalue weighted by atomic mass is 16.5. The van der Waals surface area contributed by atoms with E-state index in [0.29, 0.717) is 23.4 Å². The van der Waals surface area contributed by atoms with E-state index in [9.17, 15) is 9.59 Å². The normalized spacial score (nSPS) is 10.8. The minimum absolute atomic E-state index is 0.142. The lowest BCUT2D eigenvalue weighted by atomic mass is 10.0. The molecule has 0 bridgehead atoms. The molecule has 4 rings (SSSR count). The van der Waals surface area contributed by atoms with Crippen molar-refractivity contribution in [1.29, 1.82) is 0 Å². The molecular formula is C27H26N2O3. The van der Waals surface area contributed by atoms with Crippen molar-refractivity contribution in [3.8, 4) is 5.75 Å². The second-order valence-corrected chi connectivity index (χ2v) is 8.01. The van der Waals surface area contributed by atoms with Crippen molar-refractivity contribution < 1.29 is 9.53 Å². The van der Waals surface area contributed by atoms with Crippen LogP contribution in [0.3, 0.4) is 0 Å². The molecule has 0 saturated heterocycles. The Hall–Kier alpha value is -3.86. The van der Waals surface area contributed by atoms with Crippen molar-refractivity contribution in [2.75, 3.05) is 7.11 Å². The molecule has 4 aromatic rings. The molecule has 0 radical (unpaired) electrons. The first-order valence-electron chi connectivity index (χ1n) is 10.6. The van der Waals surface area contributed by atoms with Gasteiger partial charge in [-0.15, -0.1) is 0 Å². The highest BCUT2D eigenvalue weighted by Gasteiger charge is 2.20. The second kappa shape index (κ2) is 9.10. The number of aromatic nitrogens is 1. The summed E-state index contributed by atoms with van der Waals surface area (Å²) in [4.78, 5) is 31.0. The molecule has 0 aliphatic rings. The number of aromatic amines is 1. The Morgan fingerprint density at radius 3 is 2.34 bits per heavy atom. The van der Waals surface area contributed by atoms with Crippen molar-refractivity contribution >= 4 is 16.8 Å². The Balaban J connectivity index is 1.75. The first kappa shape index (κ1) is 21.4. The van der Waals surface area contributed by atoms with Crippen LogP contribution in [0.25, 0.3) is 10.9 Å². The fourth-order valence-electron chi connectivity index (χ4n) is 4.06. The summed E-state index contributed by atoms with van der Waals surface area (Å²) < 4.78 is 5.48. The van der Waals surface area contributed by atoms with E-state index >= 15 is 0 Å². The summed E-state index contributed by atoms with van der Waals surface area (Å²) in [6.45, 7) is 4.52. The average Bonchev–Trinajstić information content (AvgIpc) is 2.80. The molecule has 3 aromatic carbocycles. The number of amides is 1. The molecule has 1 amide bonds. The number of para-hydroxylation sites is 1. The van der Waals surface area contributed by atoms with E-state index in [0.717, 1.165) is 27.6 Å². The number of pyridine rings is 1. The van der Waals surface area contributed by atoms with E-state index in [1.54, 1.807) is 24.1 Å². The quantitative estimate of drug-likeness (QED) is 0.472. The molecule has 0 aliphatic carbocycles. The first-order chi connectivity index (χ1) is 15.5. The SMILES string of the molecule is COc1ccccc1CN(Cc1cc2cc(C)cc(C)c2[nH]c1=O)C(=O)c1ccccc1. The summed E-state index contributed by atoms with van der Waals surface area (Å²) in [7, 11) is 1.61. The Morgan fingerprint density at radius 1 is 0.906 bits per heavy atom. The number of H-pyrrole nitrogens is 1. The van der Waals surface area contributed by atoms with Gasteiger partial charge in [0.2, 0.25) is 0 Å². The number of carbonyl (C=O) groups excluding carboxylic acids is 1. The summed E-state index contributed by atoms with van der Waals surface area (Å²) in [6, 6.07) is 22.7. The van der Waals surface area contributed by atoms with E-state index in [-0.39, 0.29) is 18.0 Å². The highest BCUT2D eigenvalue weighted by molar-refractivity contribution is 5.94. The minimum Gasteiger partial charge on any atom is -0.496 e. The van der Waals surface area contributed by atoms with E-state index in [1.807, 2.05) is 74.5 Å². The lowest BCUT2D eigenvalue weighted by molar-refractivity contribution is 0.0728. The largest absolute Gasteiger partial charge is 0.496 e. The number of fused-ring (bicyclic) bond motifs is 1. The van der Waals surface area contributed by atoms with Crippen LogP contribution in [-0.4, -0.2) is 22.9 Å². The van der Waals surface area contributed by atoms with Gasteiger partial charge in [0.15, 0.2) is 0 Å². The third-order valence-electron chi connectivity index (χ3n) is 5.59. The summed E-state index contributed by atoms with van der Waals surface area (Å²) in [5.74, 6) is 0.563. The van der Waals surface area contributed by atoms with Crippen molar-refractivity contribution in [3.05, 3.63) is 111 Å². The van der Waals surface area contributed by atoms with Crippen LogP contribution in [0.1, 0.15) is 32.6 Å². The third kappa shape index (κ3) is 4.42. The zero-order chi connectivity index (χ0) is 22.7. The Morgan fingerprint density at radius 2 is 1.59 bits per heavy atom. The lowest BCUT2D eigenvalue weighted by Gasteiger charge is -2.24. The van der Waals surface area contributed by atoms with Crippen molar-refractivity contribution in [3.63, 3.8) is 0 Å². The fourth-order valence-corrected chi connectivity index (χ4v) is 4.06. The van der Waals surface area contributed by atoms with Crippen LogP contribution >= 0.6 is 0 Å². The molecule has 0 saturated carbocycles. The van der Waals surface area contributed by atoms with Crippen LogP contribution in [0.2, 0.25) is 0 Å². The van der Waals surface area contributed by atoms with Gasteiger partial charge in [-0.2, -0.15) is 0 Å². The zero-order valence-corrected chi connectivity index (χ0v) is 18.5. The van der Waals surface area contributed by atoms with Gasteiger partial charge in [-0.25, -0.2) is 0 Å². The molecule has 1 aromatic heterocycles. The number of benzene rings is 3. The van der Waals surface area contributed by atoms with Crippen molar-refractivity contribution in [2.24, 2.45) is 0 Å². The number of ether oxygens (including phenoxy) is 1. The van der Waals surface area contributed by atoms with Gasteiger partial charge in [0.1, 0.15) is 5.75 Å². The standard InChI is InChI=1S/C27H26N2O3/c1-18-13-19(2)25-22(14-18)15-23(26(30)28-25)17-29(27(31)20-9-5-4-6-10-20)16-21-11-7-8-12-24(21)32-3/h4-15H,16-17H2,1-3H3,(H,28,30). The van der Waals surface area contributed by atoms with E-state index in [2.05, 4.69) is 4.98 Å². The van der Waals surface area contributed by atoms with Gasteiger partial charge in [-0.05, 0) is 55.1 Å². The molecule has 0 aliphatic heterocycles. The molecule has 0 fully saturated rings. The molecule has 0 spiro atoms. The predicted molar refractivity (Wildman–Crippen MR) is 127 cm³/mol. The number of nitrogens with one attached hydrogen (secondary N) is 1. The van der Waals surface area contributed by atoms with E-state index in [1.165, 1.54) is 0 Å². The van der Waals surface area contributed by atoms with Crippen molar-refractivity contribution in [2.45, 2.75) is 26.9 Å². The van der Waals surface area contributed by atoms with Gasteiger partial charge in [0, 0.05) is 23.2 Å². The van der Waals surface area contributed by atoms with E-state index in [4.69, 9.17) is 4.74 Å². The number of methoxy groups -OCH3 is 1. The molecule has 0 unspecified atom stereocenters. The van der Waals surface area contributed by atoms with Crippen LogP contribution in [0, 0.1) is 13.8 Å². The van der Waals surface area contributed by atoms with Crippen LogP contribution in [0.5, 0.6) is 5.75 Å². The summed E-state index contributed by atoms with van der Waals surface area (Å²) >= 11 is 0. The molecule has 1 N–H and O–H groups in total. The average molecular weight is 427 g/mol. The maximum atomic E-state index is 13.4. The zero-order valence-electron chi connectivity index (χ0n) is 18.5. The van der Waals surface area contributed by atoms with Gasteiger partial charge in [-0.3, -0.25) is 9.59 Å². The molecular weight excluding hydrogens is 400 g/mol. The third-order valence-corrected chi connectivity index (χ3v) is 5.59. The maximum absolute atomic E-state index is 13.4. The van der Waals surface area contributed by atoms with Crippen molar-refractivity contribution in [1.82, 2.24) is 9.88 Å². The van der Waals surface area contributed by atoms with Gasteiger partial charge in [0.05, 0.1) is 19.2 Å². The van der Waals surface area contributed by atoms with Gasteiger partial charge in [0.25, 0.3) is 11.5 Å². The smallest absolute Gasteiger partial charge is 0.254 e.